The number of aryl methyl sites for hydroxylation is 1. The molecule has 0 aliphatic rings. The Bertz CT molecular complexity index is 826. The molecular formula is C21H28N2O3S. The van der Waals surface area contributed by atoms with Gasteiger partial charge in [0.05, 0.1) is 0 Å². The monoisotopic (exact) mass is 388 g/mol. The van der Waals surface area contributed by atoms with Crippen LogP contribution in [0.5, 0.6) is 0 Å². The zero-order chi connectivity index (χ0) is 20.0. The van der Waals surface area contributed by atoms with Gasteiger partial charge >= 0.3 is 5.97 Å². The Morgan fingerprint density at radius 3 is 2.48 bits per heavy atom. The number of thioether (sulfide) groups is 1. The molecule has 1 heterocycles. The number of ether oxygens (including phenoxy) is 1. The van der Waals surface area contributed by atoms with Crippen LogP contribution < -0.4 is 5.56 Å². The van der Waals surface area contributed by atoms with Crippen LogP contribution in [-0.4, -0.2) is 28.3 Å². The largest absolute Gasteiger partial charge is 0.461 e. The number of H-pyrrole nitrogens is 1. The second kappa shape index (κ2) is 9.22. The van der Waals surface area contributed by atoms with Crippen LogP contribution in [0.3, 0.4) is 0 Å². The fourth-order valence-corrected chi connectivity index (χ4v) is 3.20. The van der Waals surface area contributed by atoms with Gasteiger partial charge in [-0.3, -0.25) is 9.59 Å². The van der Waals surface area contributed by atoms with E-state index in [4.69, 9.17) is 4.74 Å². The van der Waals surface area contributed by atoms with Gasteiger partial charge in [-0.15, -0.1) is 0 Å². The van der Waals surface area contributed by atoms with Crippen molar-refractivity contribution in [2.45, 2.75) is 58.2 Å². The molecule has 0 amide bonds. The summed E-state index contributed by atoms with van der Waals surface area (Å²) in [7, 11) is 0. The molecule has 6 heteroatoms. The summed E-state index contributed by atoms with van der Waals surface area (Å²) in [4.78, 5) is 31.7. The van der Waals surface area contributed by atoms with Crippen molar-refractivity contribution >= 4 is 17.7 Å². The van der Waals surface area contributed by atoms with Crippen LogP contribution >= 0.6 is 11.8 Å². The van der Waals surface area contributed by atoms with Crippen molar-refractivity contribution in [3.63, 3.8) is 0 Å². The number of hydrogen-bond donors (Lipinski definition) is 1. The van der Waals surface area contributed by atoms with Gasteiger partial charge in [0.25, 0.3) is 5.56 Å². The minimum atomic E-state index is -0.293. The number of nitrogens with zero attached hydrogens (tertiary/aromatic N) is 1. The van der Waals surface area contributed by atoms with E-state index < -0.39 is 0 Å². The first-order valence-corrected chi connectivity index (χ1v) is 10.3. The molecule has 0 aliphatic heterocycles. The van der Waals surface area contributed by atoms with Crippen molar-refractivity contribution in [1.82, 2.24) is 9.97 Å². The van der Waals surface area contributed by atoms with Crippen molar-refractivity contribution in [3.05, 3.63) is 57.5 Å². The summed E-state index contributed by atoms with van der Waals surface area (Å²) in [5.41, 5.74) is 1.97. The first kappa shape index (κ1) is 21.2. The molecule has 0 saturated carbocycles. The summed E-state index contributed by atoms with van der Waals surface area (Å²) in [5, 5.41) is 0.583. The van der Waals surface area contributed by atoms with Gasteiger partial charge in [-0.1, -0.05) is 62.9 Å². The Labute approximate surface area is 165 Å². The third-order valence-electron chi connectivity index (χ3n) is 4.48. The highest BCUT2D eigenvalue weighted by molar-refractivity contribution is 7.98. The first-order chi connectivity index (χ1) is 12.7. The molecule has 1 unspecified atom stereocenters. The van der Waals surface area contributed by atoms with Gasteiger partial charge in [-0.25, -0.2) is 4.98 Å². The van der Waals surface area contributed by atoms with Crippen LogP contribution in [0.4, 0.5) is 0 Å². The van der Waals surface area contributed by atoms with Crippen LogP contribution in [0.25, 0.3) is 0 Å². The number of carbonyl (C=O) groups excluding carboxylic acids is 1. The Morgan fingerprint density at radius 1 is 1.26 bits per heavy atom. The van der Waals surface area contributed by atoms with Crippen molar-refractivity contribution in [1.29, 1.82) is 0 Å². The summed E-state index contributed by atoms with van der Waals surface area (Å²) >= 11 is 1.38. The summed E-state index contributed by atoms with van der Waals surface area (Å²) in [6, 6.07) is 10.0. The normalized spacial score (nSPS) is 12.6. The van der Waals surface area contributed by atoms with E-state index in [1.807, 2.05) is 36.6 Å². The molecule has 0 saturated heterocycles. The number of nitrogens with one attached hydrogen (secondary N) is 1. The summed E-state index contributed by atoms with van der Waals surface area (Å²) < 4.78 is 5.79. The standard InChI is InChI=1S/C21H28N2O3S/c1-14-16(19(25)23-20(22-14)27-5)11-12-18(24)26-17(21(2,3)4)13-15-9-7-6-8-10-15/h6-10,17H,11-13H2,1-5H3,(H,22,23,25). The maximum Gasteiger partial charge on any atom is 0.306 e. The molecule has 2 aromatic rings. The molecule has 2 rings (SSSR count). The van der Waals surface area contributed by atoms with Crippen LogP contribution in [0.15, 0.2) is 40.3 Å². The molecule has 0 aliphatic carbocycles. The summed E-state index contributed by atoms with van der Waals surface area (Å²) in [5.74, 6) is -0.293. The lowest BCUT2D eigenvalue weighted by molar-refractivity contribution is -0.154. The SMILES string of the molecule is CSc1nc(C)c(CCC(=O)OC(Cc2ccccc2)C(C)(C)C)c(=O)[nH]1. The van der Waals surface area contributed by atoms with Gasteiger partial charge in [0.1, 0.15) is 6.10 Å². The van der Waals surface area contributed by atoms with E-state index in [-0.39, 0.29) is 29.5 Å². The predicted octanol–water partition coefficient (Wildman–Crippen LogP) is 3.93. The lowest BCUT2D eigenvalue weighted by Gasteiger charge is -2.30. The molecular weight excluding hydrogens is 360 g/mol. The van der Waals surface area contributed by atoms with Crippen LogP contribution in [-0.2, 0) is 22.4 Å². The van der Waals surface area contributed by atoms with Gasteiger partial charge in [-0.05, 0) is 30.6 Å². The maximum atomic E-state index is 12.5. The molecule has 0 radical (unpaired) electrons. The molecule has 1 atom stereocenters. The van der Waals surface area contributed by atoms with Crippen molar-refractivity contribution < 1.29 is 9.53 Å². The molecule has 1 N–H and O–H groups in total. The fourth-order valence-electron chi connectivity index (χ4n) is 2.77. The minimum Gasteiger partial charge on any atom is -0.461 e. The first-order valence-electron chi connectivity index (χ1n) is 9.08. The Kier molecular flexibility index (Phi) is 7.25. The van der Waals surface area contributed by atoms with Crippen LogP contribution in [0.1, 0.15) is 44.0 Å². The average molecular weight is 389 g/mol. The molecule has 27 heavy (non-hydrogen) atoms. The van der Waals surface area contributed by atoms with Crippen molar-refractivity contribution in [2.24, 2.45) is 5.41 Å². The maximum absolute atomic E-state index is 12.5. The number of esters is 1. The number of carbonyl (C=O) groups is 1. The third kappa shape index (κ3) is 6.24. The molecule has 0 spiro atoms. The molecule has 0 bridgehead atoms. The number of aromatic amines is 1. The Balaban J connectivity index is 2.03. The summed E-state index contributed by atoms with van der Waals surface area (Å²) in [6.07, 6.45) is 2.77. The molecule has 5 nitrogen and oxygen atoms in total. The smallest absolute Gasteiger partial charge is 0.306 e. The van der Waals surface area contributed by atoms with Gasteiger partial charge in [0, 0.05) is 24.1 Å². The number of benzene rings is 1. The van der Waals surface area contributed by atoms with E-state index in [0.717, 1.165) is 5.56 Å². The highest BCUT2D eigenvalue weighted by atomic mass is 32.2. The topological polar surface area (TPSA) is 72.0 Å². The Hall–Kier alpha value is -2.08. The second-order valence-electron chi connectivity index (χ2n) is 7.67. The second-order valence-corrected chi connectivity index (χ2v) is 8.47. The molecule has 146 valence electrons. The van der Waals surface area contributed by atoms with Crippen molar-refractivity contribution in [2.75, 3.05) is 6.26 Å². The van der Waals surface area contributed by atoms with E-state index in [0.29, 0.717) is 29.3 Å². The average Bonchev–Trinajstić information content (AvgIpc) is 2.60. The summed E-state index contributed by atoms with van der Waals surface area (Å²) in [6.45, 7) is 7.98. The third-order valence-corrected chi connectivity index (χ3v) is 5.06. The zero-order valence-corrected chi connectivity index (χ0v) is 17.5. The minimum absolute atomic E-state index is 0.158. The van der Waals surface area contributed by atoms with E-state index in [1.54, 1.807) is 6.92 Å². The van der Waals surface area contributed by atoms with E-state index in [1.165, 1.54) is 11.8 Å². The number of aromatic nitrogens is 2. The molecule has 0 fully saturated rings. The lowest BCUT2D eigenvalue weighted by Crippen LogP contribution is -2.34. The van der Waals surface area contributed by atoms with Gasteiger partial charge < -0.3 is 9.72 Å². The van der Waals surface area contributed by atoms with E-state index in [2.05, 4.69) is 30.7 Å². The number of rotatable bonds is 7. The van der Waals surface area contributed by atoms with E-state index in [9.17, 15) is 9.59 Å². The van der Waals surface area contributed by atoms with Gasteiger partial charge in [0.2, 0.25) is 0 Å². The highest BCUT2D eigenvalue weighted by Gasteiger charge is 2.28. The van der Waals surface area contributed by atoms with Gasteiger partial charge in [-0.2, -0.15) is 0 Å². The van der Waals surface area contributed by atoms with Crippen molar-refractivity contribution in [3.8, 4) is 0 Å². The zero-order valence-electron chi connectivity index (χ0n) is 16.7. The predicted molar refractivity (Wildman–Crippen MR) is 109 cm³/mol. The quantitative estimate of drug-likeness (QED) is 0.442. The van der Waals surface area contributed by atoms with Crippen LogP contribution in [0, 0.1) is 12.3 Å². The number of hydrogen-bond acceptors (Lipinski definition) is 5. The molecule has 1 aromatic carbocycles. The fraction of sp³-hybridized carbons (Fsp3) is 0.476. The van der Waals surface area contributed by atoms with Crippen LogP contribution in [0.2, 0.25) is 0 Å². The molecule has 1 aromatic heterocycles. The Morgan fingerprint density at radius 2 is 1.93 bits per heavy atom. The lowest BCUT2D eigenvalue weighted by atomic mass is 9.85. The highest BCUT2D eigenvalue weighted by Crippen LogP contribution is 2.26. The van der Waals surface area contributed by atoms with E-state index >= 15 is 0 Å². The van der Waals surface area contributed by atoms with Gasteiger partial charge in [0.15, 0.2) is 5.16 Å².